The SMILES string of the molecule is O=C(O)c1ccccc1OCc1c(Cl)c(Cl)c(COc2ccccc2C(=O)O)c(Cl)c1Cl. The molecule has 0 unspecified atom stereocenters. The van der Waals surface area contributed by atoms with E-state index in [1.165, 1.54) is 24.3 Å². The lowest BCUT2D eigenvalue weighted by atomic mass is 10.1. The third-order valence-electron chi connectivity index (χ3n) is 4.42. The van der Waals surface area contributed by atoms with Gasteiger partial charge in [-0.3, -0.25) is 0 Å². The molecule has 166 valence electrons. The molecule has 0 spiro atoms. The molecule has 0 atom stereocenters. The van der Waals surface area contributed by atoms with E-state index in [9.17, 15) is 19.8 Å². The Kier molecular flexibility index (Phi) is 7.74. The third kappa shape index (κ3) is 5.05. The van der Waals surface area contributed by atoms with Crippen LogP contribution in [0.5, 0.6) is 11.5 Å². The van der Waals surface area contributed by atoms with Crippen LogP contribution in [0.25, 0.3) is 0 Å². The number of para-hydroxylation sites is 2. The van der Waals surface area contributed by atoms with Crippen molar-refractivity contribution in [1.29, 1.82) is 0 Å². The van der Waals surface area contributed by atoms with Gasteiger partial charge in [0.25, 0.3) is 0 Å². The summed E-state index contributed by atoms with van der Waals surface area (Å²) in [7, 11) is 0. The number of benzene rings is 3. The van der Waals surface area contributed by atoms with E-state index < -0.39 is 11.9 Å². The topological polar surface area (TPSA) is 93.1 Å². The van der Waals surface area contributed by atoms with Gasteiger partial charge in [-0.2, -0.15) is 0 Å². The quantitative estimate of drug-likeness (QED) is 0.318. The van der Waals surface area contributed by atoms with Crippen molar-refractivity contribution in [3.8, 4) is 11.5 Å². The van der Waals surface area contributed by atoms with Crippen molar-refractivity contribution in [2.75, 3.05) is 0 Å². The maximum atomic E-state index is 11.3. The van der Waals surface area contributed by atoms with Gasteiger partial charge < -0.3 is 19.7 Å². The van der Waals surface area contributed by atoms with Gasteiger partial charge in [0.05, 0.1) is 20.1 Å². The Bertz CT molecular complexity index is 1070. The van der Waals surface area contributed by atoms with Crippen molar-refractivity contribution in [1.82, 2.24) is 0 Å². The highest BCUT2D eigenvalue weighted by Gasteiger charge is 2.22. The molecule has 0 fully saturated rings. The smallest absolute Gasteiger partial charge is 0.339 e. The Balaban J connectivity index is 1.87. The first-order valence-corrected chi connectivity index (χ1v) is 10.5. The van der Waals surface area contributed by atoms with Gasteiger partial charge in [-0.15, -0.1) is 0 Å². The number of rotatable bonds is 8. The Morgan fingerprint density at radius 1 is 0.625 bits per heavy atom. The van der Waals surface area contributed by atoms with Crippen LogP contribution in [-0.4, -0.2) is 22.2 Å². The summed E-state index contributed by atoms with van der Waals surface area (Å²) < 4.78 is 11.2. The maximum Gasteiger partial charge on any atom is 0.339 e. The molecule has 0 saturated heterocycles. The minimum absolute atomic E-state index is 0.0287. The number of aromatic carboxylic acids is 2. The Morgan fingerprint density at radius 2 is 0.938 bits per heavy atom. The Morgan fingerprint density at radius 3 is 1.25 bits per heavy atom. The molecule has 2 N–H and O–H groups in total. The number of ether oxygens (including phenoxy) is 2. The van der Waals surface area contributed by atoms with Crippen molar-refractivity contribution >= 4 is 58.3 Å². The molecule has 0 radical (unpaired) electrons. The molecule has 10 heteroatoms. The van der Waals surface area contributed by atoms with E-state index in [2.05, 4.69) is 0 Å². The summed E-state index contributed by atoms with van der Waals surface area (Å²) in [6, 6.07) is 12.2. The second kappa shape index (κ2) is 10.3. The minimum atomic E-state index is -1.15. The van der Waals surface area contributed by atoms with Crippen LogP contribution in [0.3, 0.4) is 0 Å². The zero-order valence-corrected chi connectivity index (χ0v) is 19.1. The predicted octanol–water partition coefficient (Wildman–Crippen LogP) is 6.85. The van der Waals surface area contributed by atoms with Crippen LogP contribution in [-0.2, 0) is 13.2 Å². The third-order valence-corrected chi connectivity index (χ3v) is 6.29. The highest BCUT2D eigenvalue weighted by molar-refractivity contribution is 6.48. The van der Waals surface area contributed by atoms with Crippen molar-refractivity contribution < 1.29 is 29.3 Å². The molecule has 0 heterocycles. The summed E-state index contributed by atoms with van der Waals surface area (Å²) in [6.07, 6.45) is 0. The average Bonchev–Trinajstić information content (AvgIpc) is 2.78. The van der Waals surface area contributed by atoms with Crippen molar-refractivity contribution in [3.63, 3.8) is 0 Å². The molecule has 3 aromatic carbocycles. The first-order chi connectivity index (χ1) is 15.2. The predicted molar refractivity (Wildman–Crippen MR) is 122 cm³/mol. The first kappa shape index (κ1) is 24.0. The Labute approximate surface area is 202 Å². The van der Waals surface area contributed by atoms with Crippen molar-refractivity contribution in [2.45, 2.75) is 13.2 Å². The monoisotopic (exact) mass is 514 g/mol. The van der Waals surface area contributed by atoms with E-state index in [-0.39, 0.29) is 67.1 Å². The largest absolute Gasteiger partial charge is 0.488 e. The van der Waals surface area contributed by atoms with E-state index in [0.717, 1.165) is 0 Å². The van der Waals surface area contributed by atoms with Gasteiger partial charge in [0.1, 0.15) is 35.8 Å². The number of hydrogen-bond donors (Lipinski definition) is 2. The molecule has 0 aliphatic heterocycles. The number of hydrogen-bond acceptors (Lipinski definition) is 4. The van der Waals surface area contributed by atoms with Gasteiger partial charge in [0, 0.05) is 11.1 Å². The lowest BCUT2D eigenvalue weighted by molar-refractivity contribution is 0.0680. The van der Waals surface area contributed by atoms with Gasteiger partial charge in [-0.1, -0.05) is 70.7 Å². The van der Waals surface area contributed by atoms with E-state index >= 15 is 0 Å². The molecule has 0 aliphatic rings. The van der Waals surface area contributed by atoms with Crippen LogP contribution >= 0.6 is 46.4 Å². The van der Waals surface area contributed by atoms with Gasteiger partial charge >= 0.3 is 11.9 Å². The van der Waals surface area contributed by atoms with E-state index in [4.69, 9.17) is 55.9 Å². The zero-order valence-electron chi connectivity index (χ0n) is 16.1. The van der Waals surface area contributed by atoms with Crippen LogP contribution in [0.4, 0.5) is 0 Å². The number of carboxylic acid groups (broad SMARTS) is 2. The van der Waals surface area contributed by atoms with Crippen LogP contribution in [0.2, 0.25) is 20.1 Å². The molecular formula is C22H14Cl4O6. The summed E-state index contributed by atoms with van der Waals surface area (Å²) in [5.41, 5.74) is 0.467. The van der Waals surface area contributed by atoms with E-state index in [0.29, 0.717) is 0 Å². The summed E-state index contributed by atoms with van der Waals surface area (Å²) in [4.78, 5) is 22.7. The number of carboxylic acids is 2. The lowest BCUT2D eigenvalue weighted by Crippen LogP contribution is -2.07. The second-order valence-corrected chi connectivity index (χ2v) is 7.90. The fourth-order valence-electron chi connectivity index (χ4n) is 2.81. The molecule has 0 saturated carbocycles. The maximum absolute atomic E-state index is 11.3. The van der Waals surface area contributed by atoms with Crippen LogP contribution in [0.1, 0.15) is 31.8 Å². The second-order valence-electron chi connectivity index (χ2n) is 6.39. The first-order valence-electron chi connectivity index (χ1n) is 8.96. The molecule has 3 aromatic rings. The molecular weight excluding hydrogens is 502 g/mol. The standard InChI is InChI=1S/C22H14Cl4O6/c23-17-13(9-31-15-7-3-1-5-11(15)21(27)28)18(24)20(26)14(19(17)25)10-32-16-8-4-2-6-12(16)22(29)30/h1-8H,9-10H2,(H,27,28)(H,29,30). The lowest BCUT2D eigenvalue weighted by Gasteiger charge is -2.17. The summed E-state index contributed by atoms with van der Waals surface area (Å²) in [6.45, 7) is -0.380. The minimum Gasteiger partial charge on any atom is -0.488 e. The van der Waals surface area contributed by atoms with Crippen molar-refractivity contribution in [3.05, 3.63) is 90.9 Å². The molecule has 32 heavy (non-hydrogen) atoms. The van der Waals surface area contributed by atoms with Crippen molar-refractivity contribution in [2.24, 2.45) is 0 Å². The average molecular weight is 516 g/mol. The number of halogens is 4. The van der Waals surface area contributed by atoms with E-state index in [1.54, 1.807) is 24.3 Å². The van der Waals surface area contributed by atoms with Gasteiger partial charge in [-0.25, -0.2) is 9.59 Å². The number of carbonyl (C=O) groups is 2. The van der Waals surface area contributed by atoms with Crippen LogP contribution < -0.4 is 9.47 Å². The molecule has 6 nitrogen and oxygen atoms in total. The van der Waals surface area contributed by atoms with Gasteiger partial charge in [-0.05, 0) is 24.3 Å². The summed E-state index contributed by atoms with van der Waals surface area (Å²) in [5.74, 6) is -2.06. The summed E-state index contributed by atoms with van der Waals surface area (Å²) >= 11 is 25.5. The Hall–Kier alpha value is -2.64. The summed E-state index contributed by atoms with van der Waals surface area (Å²) in [5, 5.41) is 18.8. The fourth-order valence-corrected chi connectivity index (χ4v) is 3.96. The molecule has 0 amide bonds. The van der Waals surface area contributed by atoms with Gasteiger partial charge in [0.2, 0.25) is 0 Å². The van der Waals surface area contributed by atoms with Gasteiger partial charge in [0.15, 0.2) is 0 Å². The highest BCUT2D eigenvalue weighted by Crippen LogP contribution is 2.42. The molecule has 0 aromatic heterocycles. The molecule has 0 bridgehead atoms. The zero-order chi connectivity index (χ0) is 23.4. The fraction of sp³-hybridized carbons (Fsp3) is 0.0909. The van der Waals surface area contributed by atoms with E-state index in [1.807, 2.05) is 0 Å². The normalized spacial score (nSPS) is 10.6. The highest BCUT2D eigenvalue weighted by atomic mass is 35.5. The van der Waals surface area contributed by atoms with Crippen LogP contribution in [0, 0.1) is 0 Å². The molecule has 0 aliphatic carbocycles. The van der Waals surface area contributed by atoms with Crippen LogP contribution in [0.15, 0.2) is 48.5 Å². The molecule has 3 rings (SSSR count).